The Morgan fingerprint density at radius 2 is 1.71 bits per heavy atom. The number of nitrogens with zero attached hydrogens (tertiary/aromatic N) is 3. The summed E-state index contributed by atoms with van der Waals surface area (Å²) in [7, 11) is -3.73. The Hall–Kier alpha value is -3.98. The van der Waals surface area contributed by atoms with E-state index >= 15 is 0 Å². The topological polar surface area (TPSA) is 106 Å². The van der Waals surface area contributed by atoms with Gasteiger partial charge in [-0.15, -0.1) is 0 Å². The van der Waals surface area contributed by atoms with Crippen molar-refractivity contribution in [3.63, 3.8) is 0 Å². The van der Waals surface area contributed by atoms with Gasteiger partial charge in [-0.2, -0.15) is 5.10 Å². The van der Waals surface area contributed by atoms with Crippen LogP contribution in [-0.2, 0) is 16.6 Å². The second kappa shape index (κ2) is 8.80. The van der Waals surface area contributed by atoms with E-state index in [-0.39, 0.29) is 10.8 Å². The van der Waals surface area contributed by atoms with E-state index in [4.69, 9.17) is 0 Å². The van der Waals surface area contributed by atoms with Crippen LogP contribution in [0.5, 0.6) is 0 Å². The quantitative estimate of drug-likeness (QED) is 0.466. The minimum atomic E-state index is -3.73. The fourth-order valence-corrected chi connectivity index (χ4v) is 4.00. The fourth-order valence-electron chi connectivity index (χ4n) is 2.93. The third-order valence-corrected chi connectivity index (χ3v) is 5.90. The van der Waals surface area contributed by atoms with Crippen molar-refractivity contribution in [3.8, 4) is 5.69 Å². The first-order chi connectivity index (χ1) is 15.0. The molecule has 9 heteroatoms. The predicted octanol–water partition coefficient (Wildman–Crippen LogP) is 3.00. The van der Waals surface area contributed by atoms with Crippen LogP contribution in [0.2, 0.25) is 0 Å². The second-order valence-corrected chi connectivity index (χ2v) is 8.37. The summed E-state index contributed by atoms with van der Waals surface area (Å²) < 4.78 is 29.1. The molecule has 3 aromatic carbocycles. The van der Waals surface area contributed by atoms with Crippen LogP contribution < -0.4 is 10.0 Å². The van der Waals surface area contributed by atoms with Crippen molar-refractivity contribution in [2.75, 3.05) is 4.72 Å². The van der Waals surface area contributed by atoms with Crippen molar-refractivity contribution < 1.29 is 13.2 Å². The number of carbonyl (C=O) groups is 1. The van der Waals surface area contributed by atoms with Gasteiger partial charge in [0.2, 0.25) is 0 Å². The van der Waals surface area contributed by atoms with Gasteiger partial charge >= 0.3 is 0 Å². The molecule has 0 aliphatic rings. The van der Waals surface area contributed by atoms with Crippen molar-refractivity contribution in [2.45, 2.75) is 11.4 Å². The zero-order chi connectivity index (χ0) is 21.7. The van der Waals surface area contributed by atoms with E-state index in [1.54, 1.807) is 47.4 Å². The molecular formula is C22H19N5O3S. The third-order valence-electron chi connectivity index (χ3n) is 4.50. The van der Waals surface area contributed by atoms with Crippen LogP contribution in [0.4, 0.5) is 5.69 Å². The van der Waals surface area contributed by atoms with Gasteiger partial charge < -0.3 is 5.32 Å². The molecular weight excluding hydrogens is 414 g/mol. The summed E-state index contributed by atoms with van der Waals surface area (Å²) in [5.74, 6) is -0.305. The Bertz CT molecular complexity index is 1270. The molecule has 1 heterocycles. The van der Waals surface area contributed by atoms with E-state index in [9.17, 15) is 13.2 Å². The maximum atomic E-state index is 12.5. The van der Waals surface area contributed by atoms with Gasteiger partial charge in [-0.3, -0.25) is 9.52 Å². The van der Waals surface area contributed by atoms with E-state index in [1.807, 2.05) is 24.3 Å². The van der Waals surface area contributed by atoms with Gasteiger partial charge in [0.25, 0.3) is 15.9 Å². The van der Waals surface area contributed by atoms with Crippen molar-refractivity contribution in [1.29, 1.82) is 0 Å². The lowest BCUT2D eigenvalue weighted by Gasteiger charge is -2.10. The van der Waals surface area contributed by atoms with Crippen LogP contribution in [-0.4, -0.2) is 29.1 Å². The van der Waals surface area contributed by atoms with E-state index in [1.165, 1.54) is 24.5 Å². The molecule has 0 radical (unpaired) electrons. The zero-order valence-corrected chi connectivity index (χ0v) is 17.2. The highest BCUT2D eigenvalue weighted by molar-refractivity contribution is 7.92. The predicted molar refractivity (Wildman–Crippen MR) is 116 cm³/mol. The SMILES string of the molecule is O=C(NCc1ccc(-n2cncn2)cc1)c1cccc(NS(=O)(=O)c2ccccc2)c1. The lowest BCUT2D eigenvalue weighted by molar-refractivity contribution is 0.0951. The number of nitrogens with one attached hydrogen (secondary N) is 2. The molecule has 0 saturated carbocycles. The monoisotopic (exact) mass is 433 g/mol. The molecule has 2 N–H and O–H groups in total. The molecule has 4 aromatic rings. The normalized spacial score (nSPS) is 11.1. The number of hydrogen-bond donors (Lipinski definition) is 2. The number of hydrogen-bond acceptors (Lipinski definition) is 5. The molecule has 0 fully saturated rings. The average molecular weight is 433 g/mol. The van der Waals surface area contributed by atoms with Crippen molar-refractivity contribution in [2.24, 2.45) is 0 Å². The Kier molecular flexibility index (Phi) is 5.76. The largest absolute Gasteiger partial charge is 0.348 e. The summed E-state index contributed by atoms with van der Waals surface area (Å²) >= 11 is 0. The Balaban J connectivity index is 1.40. The molecule has 8 nitrogen and oxygen atoms in total. The van der Waals surface area contributed by atoms with Crippen LogP contribution in [0.25, 0.3) is 5.69 Å². The smallest absolute Gasteiger partial charge is 0.261 e. The third kappa shape index (κ3) is 4.96. The second-order valence-electron chi connectivity index (χ2n) is 6.69. The summed E-state index contributed by atoms with van der Waals surface area (Å²) in [5, 5.41) is 6.91. The molecule has 1 aromatic heterocycles. The maximum absolute atomic E-state index is 12.5. The van der Waals surface area contributed by atoms with E-state index < -0.39 is 10.0 Å². The number of anilines is 1. The van der Waals surface area contributed by atoms with Crippen LogP contribution in [0, 0.1) is 0 Å². The summed E-state index contributed by atoms with van der Waals surface area (Å²) in [5.41, 5.74) is 2.45. The number of benzene rings is 3. The molecule has 1 amide bonds. The van der Waals surface area contributed by atoms with Gasteiger partial charge in [-0.1, -0.05) is 36.4 Å². The molecule has 0 saturated heterocycles. The zero-order valence-electron chi connectivity index (χ0n) is 16.3. The first-order valence-corrected chi connectivity index (χ1v) is 10.9. The minimum absolute atomic E-state index is 0.152. The van der Waals surface area contributed by atoms with E-state index in [0.717, 1.165) is 11.3 Å². The first-order valence-electron chi connectivity index (χ1n) is 9.41. The van der Waals surface area contributed by atoms with E-state index in [2.05, 4.69) is 20.1 Å². The summed E-state index contributed by atoms with van der Waals surface area (Å²) in [6.45, 7) is 0.330. The lowest BCUT2D eigenvalue weighted by Crippen LogP contribution is -2.23. The van der Waals surface area contributed by atoms with E-state index in [0.29, 0.717) is 17.8 Å². The average Bonchev–Trinajstić information content (AvgIpc) is 3.33. The van der Waals surface area contributed by atoms with Crippen LogP contribution in [0.3, 0.4) is 0 Å². The summed E-state index contributed by atoms with van der Waals surface area (Å²) in [6.07, 6.45) is 3.07. The van der Waals surface area contributed by atoms with Crippen molar-refractivity contribution >= 4 is 21.6 Å². The highest BCUT2D eigenvalue weighted by atomic mass is 32.2. The molecule has 0 aliphatic carbocycles. The molecule has 0 aliphatic heterocycles. The van der Waals surface area contributed by atoms with Crippen molar-refractivity contribution in [1.82, 2.24) is 20.1 Å². The van der Waals surface area contributed by atoms with Gasteiger partial charge in [0.1, 0.15) is 12.7 Å². The number of sulfonamides is 1. The van der Waals surface area contributed by atoms with Gasteiger partial charge in [0.15, 0.2) is 0 Å². The molecule has 31 heavy (non-hydrogen) atoms. The highest BCUT2D eigenvalue weighted by Gasteiger charge is 2.14. The standard InChI is InChI=1S/C22H19N5O3S/c28-22(24-14-17-9-11-20(12-10-17)27-16-23-15-25-27)18-5-4-6-19(13-18)26-31(29,30)21-7-2-1-3-8-21/h1-13,15-16,26H,14H2,(H,24,28). The van der Waals surface area contributed by atoms with Gasteiger partial charge in [-0.05, 0) is 48.0 Å². The molecule has 156 valence electrons. The van der Waals surface area contributed by atoms with Gasteiger partial charge in [-0.25, -0.2) is 18.1 Å². The number of amides is 1. The maximum Gasteiger partial charge on any atom is 0.261 e. The lowest BCUT2D eigenvalue weighted by atomic mass is 10.1. The Labute approximate surface area is 179 Å². The van der Waals surface area contributed by atoms with Crippen molar-refractivity contribution in [3.05, 3.63) is 103 Å². The van der Waals surface area contributed by atoms with Crippen LogP contribution >= 0.6 is 0 Å². The number of aromatic nitrogens is 3. The molecule has 0 bridgehead atoms. The molecule has 0 spiro atoms. The van der Waals surface area contributed by atoms with Gasteiger partial charge in [0.05, 0.1) is 10.6 Å². The number of carbonyl (C=O) groups excluding carboxylic acids is 1. The fraction of sp³-hybridized carbons (Fsp3) is 0.0455. The molecule has 4 rings (SSSR count). The number of rotatable bonds is 7. The summed E-state index contributed by atoms with van der Waals surface area (Å²) in [6, 6.07) is 22.0. The Morgan fingerprint density at radius 1 is 0.935 bits per heavy atom. The molecule has 0 unspecified atom stereocenters. The molecule has 0 atom stereocenters. The Morgan fingerprint density at radius 3 is 2.42 bits per heavy atom. The first kappa shape index (κ1) is 20.3. The van der Waals surface area contributed by atoms with Crippen LogP contribution in [0.1, 0.15) is 15.9 Å². The highest BCUT2D eigenvalue weighted by Crippen LogP contribution is 2.17. The minimum Gasteiger partial charge on any atom is -0.348 e. The van der Waals surface area contributed by atoms with Crippen LogP contribution in [0.15, 0.2) is 96.4 Å². The summed E-state index contributed by atoms with van der Waals surface area (Å²) in [4.78, 5) is 16.6. The van der Waals surface area contributed by atoms with Gasteiger partial charge in [0, 0.05) is 17.8 Å².